The summed E-state index contributed by atoms with van der Waals surface area (Å²) < 4.78 is 36.5. The van der Waals surface area contributed by atoms with Gasteiger partial charge in [-0.05, 0) is 43.2 Å². The number of methoxy groups -OCH3 is 1. The Morgan fingerprint density at radius 2 is 2.09 bits per heavy atom. The molecule has 0 saturated carbocycles. The van der Waals surface area contributed by atoms with E-state index in [0.29, 0.717) is 46.0 Å². The summed E-state index contributed by atoms with van der Waals surface area (Å²) in [4.78, 5) is 17.6. The summed E-state index contributed by atoms with van der Waals surface area (Å²) in [5.41, 5.74) is 2.08. The first-order chi connectivity index (χ1) is 16.4. The van der Waals surface area contributed by atoms with Crippen molar-refractivity contribution in [3.8, 4) is 5.75 Å². The number of morpholine rings is 1. The van der Waals surface area contributed by atoms with E-state index < -0.39 is 6.10 Å². The van der Waals surface area contributed by atoms with Crippen LogP contribution in [-0.4, -0.2) is 80.5 Å². The fourth-order valence-electron chi connectivity index (χ4n) is 4.56. The van der Waals surface area contributed by atoms with Crippen molar-refractivity contribution in [2.75, 3.05) is 46.6 Å². The van der Waals surface area contributed by atoms with Gasteiger partial charge in [0.2, 0.25) is 0 Å². The van der Waals surface area contributed by atoms with Crippen LogP contribution in [-0.2, 0) is 25.5 Å². The highest BCUT2D eigenvalue weighted by Gasteiger charge is 2.33. The Kier molecular flexibility index (Phi) is 8.24. The summed E-state index contributed by atoms with van der Waals surface area (Å²) in [5, 5.41) is 0. The van der Waals surface area contributed by atoms with Crippen molar-refractivity contribution in [2.24, 2.45) is 0 Å². The third-order valence-corrected chi connectivity index (χ3v) is 6.45. The van der Waals surface area contributed by atoms with Crippen molar-refractivity contribution >= 4 is 5.91 Å². The number of rotatable bonds is 7. The van der Waals surface area contributed by atoms with Crippen molar-refractivity contribution in [2.45, 2.75) is 51.5 Å². The molecule has 1 amide bonds. The van der Waals surface area contributed by atoms with Crippen molar-refractivity contribution in [3.05, 3.63) is 53.1 Å². The van der Waals surface area contributed by atoms with Gasteiger partial charge in [-0.25, -0.2) is 4.39 Å². The number of benzene rings is 1. The quantitative estimate of drug-likeness (QED) is 0.605. The number of hydrogen-bond acceptors (Lipinski definition) is 6. The molecule has 34 heavy (non-hydrogen) atoms. The zero-order valence-electron chi connectivity index (χ0n) is 20.3. The predicted octanol–water partition coefficient (Wildman–Crippen LogP) is 3.29. The van der Waals surface area contributed by atoms with Crippen LogP contribution in [0, 0.1) is 5.82 Å². The molecule has 8 heteroatoms. The number of carbonyl (C=O) groups excluding carboxylic acids is 1. The van der Waals surface area contributed by atoms with Gasteiger partial charge >= 0.3 is 0 Å². The van der Waals surface area contributed by atoms with Crippen molar-refractivity contribution < 1.29 is 28.1 Å². The maximum absolute atomic E-state index is 13.8. The van der Waals surface area contributed by atoms with E-state index in [9.17, 15) is 9.18 Å². The molecular formula is C26H35FN2O5. The van der Waals surface area contributed by atoms with Gasteiger partial charge in [0.05, 0.1) is 26.9 Å². The lowest BCUT2D eigenvalue weighted by atomic mass is 9.99. The minimum absolute atomic E-state index is 0.00917. The molecule has 2 unspecified atom stereocenters. The van der Waals surface area contributed by atoms with Gasteiger partial charge in [-0.2, -0.15) is 0 Å². The fraction of sp³-hybridized carbons (Fsp3) is 0.577. The van der Waals surface area contributed by atoms with E-state index in [2.05, 4.69) is 11.0 Å². The van der Waals surface area contributed by atoms with E-state index in [1.165, 1.54) is 13.2 Å². The lowest BCUT2D eigenvalue weighted by Crippen LogP contribution is -2.52. The van der Waals surface area contributed by atoms with Crippen LogP contribution < -0.4 is 4.74 Å². The molecule has 2 aliphatic heterocycles. The van der Waals surface area contributed by atoms with Crippen LogP contribution in [0.5, 0.6) is 5.75 Å². The van der Waals surface area contributed by atoms with Crippen LogP contribution in [0.2, 0.25) is 0 Å². The lowest BCUT2D eigenvalue weighted by Gasteiger charge is -2.37. The van der Waals surface area contributed by atoms with Gasteiger partial charge in [-0.1, -0.05) is 12.1 Å². The largest absolute Gasteiger partial charge is 0.495 e. The number of amides is 1. The van der Waals surface area contributed by atoms with Gasteiger partial charge < -0.3 is 23.8 Å². The standard InChI is InChI=1S/C26H35FN2O5/c1-18(2)29(16-20-6-8-22-24(14-20)33-11-4-10-32-22)26(30)25-17-28(9-12-34-25)15-19-5-7-21(27)23(13-19)31-3/h5-8,13,18,24-25H,4,9-12,14-17H2,1-3H3. The number of nitrogens with zero attached hydrogens (tertiary/aromatic N) is 2. The monoisotopic (exact) mass is 474 g/mol. The van der Waals surface area contributed by atoms with Gasteiger partial charge in [0.1, 0.15) is 18.0 Å². The van der Waals surface area contributed by atoms with Crippen LogP contribution in [0.25, 0.3) is 0 Å². The van der Waals surface area contributed by atoms with E-state index in [0.717, 1.165) is 29.7 Å². The van der Waals surface area contributed by atoms with E-state index in [1.807, 2.05) is 24.8 Å². The Bertz CT molecular complexity index is 932. The Hall–Kier alpha value is -2.42. The fourth-order valence-corrected chi connectivity index (χ4v) is 4.56. The van der Waals surface area contributed by atoms with Gasteiger partial charge in [0, 0.05) is 45.1 Å². The topological polar surface area (TPSA) is 60.5 Å². The van der Waals surface area contributed by atoms with Crippen LogP contribution >= 0.6 is 0 Å². The number of allylic oxidation sites excluding steroid dienone is 2. The molecule has 1 aliphatic carbocycles. The Labute approximate surface area is 201 Å². The zero-order valence-corrected chi connectivity index (χ0v) is 20.3. The molecule has 0 aromatic heterocycles. The molecule has 0 bridgehead atoms. The smallest absolute Gasteiger partial charge is 0.253 e. The number of ether oxygens (including phenoxy) is 4. The average molecular weight is 475 g/mol. The van der Waals surface area contributed by atoms with Crippen molar-refractivity contribution in [3.63, 3.8) is 0 Å². The van der Waals surface area contributed by atoms with Crippen LogP contribution in [0.15, 0.2) is 41.7 Å². The maximum Gasteiger partial charge on any atom is 0.253 e. The maximum atomic E-state index is 13.8. The van der Waals surface area contributed by atoms with Crippen molar-refractivity contribution in [1.29, 1.82) is 0 Å². The normalized spacial score (nSPS) is 23.3. The second-order valence-electron chi connectivity index (χ2n) is 9.28. The number of fused-ring (bicyclic) bond motifs is 1. The molecule has 4 rings (SSSR count). The summed E-state index contributed by atoms with van der Waals surface area (Å²) in [7, 11) is 1.46. The molecule has 2 heterocycles. The molecular weight excluding hydrogens is 439 g/mol. The molecule has 2 fully saturated rings. The highest BCUT2D eigenvalue weighted by atomic mass is 19.1. The highest BCUT2D eigenvalue weighted by molar-refractivity contribution is 5.82. The summed E-state index contributed by atoms with van der Waals surface area (Å²) in [6.07, 6.45) is 5.05. The number of hydrogen-bond donors (Lipinski definition) is 0. The molecule has 186 valence electrons. The van der Waals surface area contributed by atoms with Crippen LogP contribution in [0.1, 0.15) is 32.3 Å². The SMILES string of the molecule is COc1cc(CN2CCOC(C(=O)N(CC3=CC=C4OCCCOC4C3)C(C)C)C2)ccc1F. The summed E-state index contributed by atoms with van der Waals surface area (Å²) in [5.74, 6) is 0.719. The lowest BCUT2D eigenvalue weighted by molar-refractivity contribution is -0.151. The molecule has 0 N–H and O–H groups in total. The zero-order chi connectivity index (χ0) is 24.1. The number of halogens is 1. The average Bonchev–Trinajstić information content (AvgIpc) is 3.08. The minimum Gasteiger partial charge on any atom is -0.495 e. The first kappa shape index (κ1) is 24.7. The van der Waals surface area contributed by atoms with E-state index >= 15 is 0 Å². The van der Waals surface area contributed by atoms with Crippen molar-refractivity contribution in [1.82, 2.24) is 9.80 Å². The van der Waals surface area contributed by atoms with Gasteiger partial charge in [0.15, 0.2) is 11.6 Å². The molecule has 2 saturated heterocycles. The van der Waals surface area contributed by atoms with E-state index in [1.54, 1.807) is 12.1 Å². The van der Waals surface area contributed by atoms with Gasteiger partial charge in [0.25, 0.3) is 5.91 Å². The van der Waals surface area contributed by atoms with E-state index in [4.69, 9.17) is 18.9 Å². The first-order valence-electron chi connectivity index (χ1n) is 12.1. The molecule has 0 radical (unpaired) electrons. The summed E-state index contributed by atoms with van der Waals surface area (Å²) >= 11 is 0. The molecule has 7 nitrogen and oxygen atoms in total. The van der Waals surface area contributed by atoms with Gasteiger partial charge in [-0.15, -0.1) is 0 Å². The molecule has 1 aromatic rings. The Balaban J connectivity index is 1.39. The Morgan fingerprint density at radius 1 is 1.24 bits per heavy atom. The third-order valence-electron chi connectivity index (χ3n) is 6.45. The molecule has 2 atom stereocenters. The predicted molar refractivity (Wildman–Crippen MR) is 126 cm³/mol. The highest BCUT2D eigenvalue weighted by Crippen LogP contribution is 2.27. The van der Waals surface area contributed by atoms with Crippen LogP contribution in [0.3, 0.4) is 0 Å². The third kappa shape index (κ3) is 5.98. The Morgan fingerprint density at radius 3 is 2.88 bits per heavy atom. The first-order valence-corrected chi connectivity index (χ1v) is 12.1. The molecule has 0 spiro atoms. The molecule has 3 aliphatic rings. The number of carbonyl (C=O) groups is 1. The minimum atomic E-state index is -0.536. The van der Waals surface area contributed by atoms with Crippen LogP contribution in [0.4, 0.5) is 4.39 Å². The summed E-state index contributed by atoms with van der Waals surface area (Å²) in [6.45, 7) is 8.24. The second kappa shape index (κ2) is 11.3. The van der Waals surface area contributed by atoms with E-state index in [-0.39, 0.29) is 29.6 Å². The summed E-state index contributed by atoms with van der Waals surface area (Å²) in [6, 6.07) is 4.91. The van der Waals surface area contributed by atoms with Gasteiger partial charge in [-0.3, -0.25) is 9.69 Å². The second-order valence-corrected chi connectivity index (χ2v) is 9.28. The molecule has 1 aromatic carbocycles.